The average molecular weight is 242 g/mol. The first-order valence-corrected chi connectivity index (χ1v) is 5.60. The first-order valence-electron chi connectivity index (χ1n) is 5.60. The molecule has 0 aromatic heterocycles. The fourth-order valence-corrected chi connectivity index (χ4v) is 1.78. The molecular weight excluding hydrogens is 228 g/mol. The highest BCUT2D eigenvalue weighted by Gasteiger charge is 2.08. The van der Waals surface area contributed by atoms with Crippen molar-refractivity contribution in [3.8, 4) is 22.6 Å². The highest BCUT2D eigenvalue weighted by molar-refractivity contribution is 5.98. The quantitative estimate of drug-likeness (QED) is 0.840. The average Bonchev–Trinajstić information content (AvgIpc) is 2.39. The molecule has 0 atom stereocenters. The van der Waals surface area contributed by atoms with Crippen LogP contribution >= 0.6 is 0 Å². The smallest absolute Gasteiger partial charge is 0.163 e. The van der Waals surface area contributed by atoms with E-state index >= 15 is 0 Å². The molecule has 18 heavy (non-hydrogen) atoms. The van der Waals surface area contributed by atoms with Crippen molar-refractivity contribution in [1.82, 2.24) is 0 Å². The molecule has 0 amide bonds. The molecule has 0 saturated carbocycles. The maximum atomic E-state index is 11.4. The SMILES string of the molecule is COc1ccc(-c2ccc(O)c(C(C)=O)c2)cc1. The molecule has 0 bridgehead atoms. The lowest BCUT2D eigenvalue weighted by Gasteiger charge is -2.06. The molecule has 0 aliphatic rings. The maximum Gasteiger partial charge on any atom is 0.163 e. The molecule has 3 heteroatoms. The predicted octanol–water partition coefficient (Wildman–Crippen LogP) is 3.27. The second-order valence-electron chi connectivity index (χ2n) is 4.02. The van der Waals surface area contributed by atoms with Crippen molar-refractivity contribution in [3.63, 3.8) is 0 Å². The first kappa shape index (κ1) is 12.2. The van der Waals surface area contributed by atoms with Crippen LogP contribution in [0, 0.1) is 0 Å². The summed E-state index contributed by atoms with van der Waals surface area (Å²) in [6.07, 6.45) is 0. The van der Waals surface area contributed by atoms with Crippen LogP contribution in [0.4, 0.5) is 0 Å². The molecule has 2 rings (SSSR count). The summed E-state index contributed by atoms with van der Waals surface area (Å²) in [5.41, 5.74) is 2.20. The molecule has 0 spiro atoms. The summed E-state index contributed by atoms with van der Waals surface area (Å²) in [6.45, 7) is 1.44. The van der Waals surface area contributed by atoms with E-state index in [1.54, 1.807) is 19.2 Å². The summed E-state index contributed by atoms with van der Waals surface area (Å²) >= 11 is 0. The van der Waals surface area contributed by atoms with Gasteiger partial charge < -0.3 is 9.84 Å². The summed E-state index contributed by atoms with van der Waals surface area (Å²) in [7, 11) is 1.61. The lowest BCUT2D eigenvalue weighted by Crippen LogP contribution is -1.93. The number of carbonyl (C=O) groups is 1. The van der Waals surface area contributed by atoms with Gasteiger partial charge in [0.2, 0.25) is 0 Å². The predicted molar refractivity (Wildman–Crippen MR) is 70.1 cm³/mol. The number of ketones is 1. The Kier molecular flexibility index (Phi) is 3.33. The zero-order valence-corrected chi connectivity index (χ0v) is 10.3. The van der Waals surface area contributed by atoms with E-state index in [9.17, 15) is 9.90 Å². The molecular formula is C15H14O3. The van der Waals surface area contributed by atoms with E-state index in [1.807, 2.05) is 24.3 Å². The van der Waals surface area contributed by atoms with Crippen molar-refractivity contribution < 1.29 is 14.6 Å². The Labute approximate surface area is 106 Å². The fourth-order valence-electron chi connectivity index (χ4n) is 1.78. The van der Waals surface area contributed by atoms with Crippen molar-refractivity contribution in [1.29, 1.82) is 0 Å². The van der Waals surface area contributed by atoms with E-state index in [0.717, 1.165) is 16.9 Å². The van der Waals surface area contributed by atoms with Gasteiger partial charge in [0.05, 0.1) is 12.7 Å². The van der Waals surface area contributed by atoms with Gasteiger partial charge in [-0.3, -0.25) is 4.79 Å². The lowest BCUT2D eigenvalue weighted by molar-refractivity contribution is 0.101. The van der Waals surface area contributed by atoms with Gasteiger partial charge in [-0.2, -0.15) is 0 Å². The summed E-state index contributed by atoms with van der Waals surface area (Å²) in [5.74, 6) is 0.645. The molecule has 92 valence electrons. The van der Waals surface area contributed by atoms with Crippen LogP contribution in [0.15, 0.2) is 42.5 Å². The summed E-state index contributed by atoms with van der Waals surface area (Å²) in [6, 6.07) is 12.6. The third-order valence-electron chi connectivity index (χ3n) is 2.80. The number of phenols is 1. The number of hydrogen-bond donors (Lipinski definition) is 1. The fraction of sp³-hybridized carbons (Fsp3) is 0.133. The number of Topliss-reactive ketones (excluding diaryl/α,β-unsaturated/α-hetero) is 1. The first-order chi connectivity index (χ1) is 8.61. The van der Waals surface area contributed by atoms with Gasteiger partial charge in [0.1, 0.15) is 11.5 Å². The highest BCUT2D eigenvalue weighted by atomic mass is 16.5. The number of aromatic hydroxyl groups is 1. The highest BCUT2D eigenvalue weighted by Crippen LogP contribution is 2.27. The Hall–Kier alpha value is -2.29. The normalized spacial score (nSPS) is 10.1. The van der Waals surface area contributed by atoms with E-state index in [2.05, 4.69) is 0 Å². The van der Waals surface area contributed by atoms with Crippen molar-refractivity contribution in [2.75, 3.05) is 7.11 Å². The number of ether oxygens (including phenoxy) is 1. The van der Waals surface area contributed by atoms with E-state index in [1.165, 1.54) is 13.0 Å². The molecule has 1 N–H and O–H groups in total. The van der Waals surface area contributed by atoms with Gasteiger partial charge in [-0.1, -0.05) is 18.2 Å². The van der Waals surface area contributed by atoms with E-state index < -0.39 is 0 Å². The summed E-state index contributed by atoms with van der Waals surface area (Å²) in [4.78, 5) is 11.4. The van der Waals surface area contributed by atoms with Crippen molar-refractivity contribution >= 4 is 5.78 Å². The van der Waals surface area contributed by atoms with Crippen LogP contribution in [0.3, 0.4) is 0 Å². The molecule has 0 saturated heterocycles. The van der Waals surface area contributed by atoms with Crippen LogP contribution in [0.1, 0.15) is 17.3 Å². The Morgan fingerprint density at radius 3 is 2.22 bits per heavy atom. The number of phenolic OH excluding ortho intramolecular Hbond substituents is 1. The van der Waals surface area contributed by atoms with Crippen LogP contribution in [-0.2, 0) is 0 Å². The van der Waals surface area contributed by atoms with Gasteiger partial charge in [-0.05, 0) is 42.3 Å². The monoisotopic (exact) mass is 242 g/mol. The molecule has 0 heterocycles. The third kappa shape index (κ3) is 2.35. The van der Waals surface area contributed by atoms with Crippen LogP contribution in [0.25, 0.3) is 11.1 Å². The van der Waals surface area contributed by atoms with Gasteiger partial charge >= 0.3 is 0 Å². The minimum absolute atomic E-state index is 0.0137. The molecule has 2 aromatic rings. The largest absolute Gasteiger partial charge is 0.507 e. The Balaban J connectivity index is 2.44. The topological polar surface area (TPSA) is 46.5 Å². The summed E-state index contributed by atoms with van der Waals surface area (Å²) in [5, 5.41) is 9.59. The lowest BCUT2D eigenvalue weighted by atomic mass is 10.0. The summed E-state index contributed by atoms with van der Waals surface area (Å²) < 4.78 is 5.09. The molecule has 2 aromatic carbocycles. The van der Waals surface area contributed by atoms with Crippen LogP contribution in [0.5, 0.6) is 11.5 Å². The van der Waals surface area contributed by atoms with Gasteiger partial charge in [0, 0.05) is 0 Å². The van der Waals surface area contributed by atoms with E-state index in [4.69, 9.17) is 4.74 Å². The second-order valence-corrected chi connectivity index (χ2v) is 4.02. The minimum Gasteiger partial charge on any atom is -0.507 e. The van der Waals surface area contributed by atoms with Gasteiger partial charge in [0.25, 0.3) is 0 Å². The number of rotatable bonds is 3. The molecule has 0 radical (unpaired) electrons. The second kappa shape index (κ2) is 4.92. The van der Waals surface area contributed by atoms with Gasteiger partial charge in [-0.15, -0.1) is 0 Å². The molecule has 3 nitrogen and oxygen atoms in total. The van der Waals surface area contributed by atoms with Crippen LogP contribution in [-0.4, -0.2) is 18.0 Å². The standard InChI is InChI=1S/C15H14O3/c1-10(16)14-9-12(5-8-15(14)17)11-3-6-13(18-2)7-4-11/h3-9,17H,1-2H3. The number of benzene rings is 2. The van der Waals surface area contributed by atoms with E-state index in [-0.39, 0.29) is 11.5 Å². The van der Waals surface area contributed by atoms with Crippen molar-refractivity contribution in [2.24, 2.45) is 0 Å². The number of carbonyl (C=O) groups excluding carboxylic acids is 1. The third-order valence-corrected chi connectivity index (χ3v) is 2.80. The molecule has 0 fully saturated rings. The van der Waals surface area contributed by atoms with Crippen LogP contribution in [0.2, 0.25) is 0 Å². The Bertz CT molecular complexity index is 571. The van der Waals surface area contributed by atoms with Gasteiger partial charge in [-0.25, -0.2) is 0 Å². The maximum absolute atomic E-state index is 11.4. The molecule has 0 aliphatic heterocycles. The number of methoxy groups -OCH3 is 1. The minimum atomic E-state index is -0.150. The zero-order chi connectivity index (χ0) is 13.1. The number of hydrogen-bond acceptors (Lipinski definition) is 3. The van der Waals surface area contributed by atoms with Crippen molar-refractivity contribution in [2.45, 2.75) is 6.92 Å². The zero-order valence-electron chi connectivity index (χ0n) is 10.3. The van der Waals surface area contributed by atoms with Gasteiger partial charge in [0.15, 0.2) is 5.78 Å². The molecule has 0 unspecified atom stereocenters. The van der Waals surface area contributed by atoms with E-state index in [0.29, 0.717) is 5.56 Å². The van der Waals surface area contributed by atoms with Crippen LogP contribution < -0.4 is 4.74 Å². The Morgan fingerprint density at radius 1 is 1.06 bits per heavy atom. The Morgan fingerprint density at radius 2 is 1.67 bits per heavy atom. The molecule has 0 aliphatic carbocycles. The van der Waals surface area contributed by atoms with Crippen molar-refractivity contribution in [3.05, 3.63) is 48.0 Å².